The maximum atomic E-state index is 5.79. The minimum absolute atomic E-state index is 0.0912. The number of nitrogens with one attached hydrogen (secondary N) is 2. The molecule has 0 saturated carbocycles. The SMILES string of the molecule is CCNC(=NCC1(C)CCCO1)NCCCn1nc(C)cc1C. The average molecular weight is 321 g/mol. The lowest BCUT2D eigenvalue weighted by molar-refractivity contribution is 0.0283. The first-order chi connectivity index (χ1) is 11.0. The van der Waals surface area contributed by atoms with Crippen molar-refractivity contribution in [3.05, 3.63) is 17.5 Å². The molecule has 0 spiro atoms. The van der Waals surface area contributed by atoms with E-state index in [1.54, 1.807) is 0 Å². The van der Waals surface area contributed by atoms with Gasteiger partial charge in [0.1, 0.15) is 0 Å². The van der Waals surface area contributed by atoms with Crippen LogP contribution in [0, 0.1) is 13.8 Å². The van der Waals surface area contributed by atoms with E-state index < -0.39 is 0 Å². The molecule has 0 aromatic carbocycles. The highest BCUT2D eigenvalue weighted by molar-refractivity contribution is 5.79. The maximum absolute atomic E-state index is 5.79. The van der Waals surface area contributed by atoms with Crippen molar-refractivity contribution < 1.29 is 4.74 Å². The van der Waals surface area contributed by atoms with Crippen LogP contribution in [0.1, 0.15) is 44.5 Å². The van der Waals surface area contributed by atoms with Crippen molar-refractivity contribution in [1.82, 2.24) is 20.4 Å². The molecule has 1 aliphatic heterocycles. The molecule has 2 rings (SSSR count). The van der Waals surface area contributed by atoms with Crippen LogP contribution in [-0.4, -0.2) is 47.6 Å². The Balaban J connectivity index is 1.76. The molecule has 2 heterocycles. The Labute approximate surface area is 139 Å². The molecule has 1 saturated heterocycles. The van der Waals surface area contributed by atoms with Crippen molar-refractivity contribution in [2.75, 3.05) is 26.2 Å². The zero-order valence-corrected chi connectivity index (χ0v) is 15.0. The largest absolute Gasteiger partial charge is 0.373 e. The van der Waals surface area contributed by atoms with E-state index in [1.165, 1.54) is 5.69 Å². The quantitative estimate of drug-likeness (QED) is 0.458. The third kappa shape index (κ3) is 5.53. The predicted molar refractivity (Wildman–Crippen MR) is 93.9 cm³/mol. The maximum Gasteiger partial charge on any atom is 0.191 e. The van der Waals surface area contributed by atoms with Crippen LogP contribution in [0.3, 0.4) is 0 Å². The third-order valence-corrected chi connectivity index (χ3v) is 4.16. The van der Waals surface area contributed by atoms with Crippen molar-refractivity contribution in [3.8, 4) is 0 Å². The highest BCUT2D eigenvalue weighted by Gasteiger charge is 2.29. The van der Waals surface area contributed by atoms with E-state index in [0.29, 0.717) is 6.54 Å². The molecule has 2 N–H and O–H groups in total. The molecule has 1 unspecified atom stereocenters. The molecule has 0 amide bonds. The lowest BCUT2D eigenvalue weighted by Crippen LogP contribution is -2.39. The highest BCUT2D eigenvalue weighted by atomic mass is 16.5. The number of rotatable bonds is 7. The Hall–Kier alpha value is -1.56. The van der Waals surface area contributed by atoms with Crippen molar-refractivity contribution in [2.45, 2.75) is 59.1 Å². The minimum atomic E-state index is -0.0912. The Morgan fingerprint density at radius 1 is 1.43 bits per heavy atom. The molecule has 6 heteroatoms. The van der Waals surface area contributed by atoms with Crippen LogP contribution < -0.4 is 10.6 Å². The van der Waals surface area contributed by atoms with Gasteiger partial charge in [-0.25, -0.2) is 0 Å². The first-order valence-electron chi connectivity index (χ1n) is 8.69. The normalized spacial score (nSPS) is 21.7. The summed E-state index contributed by atoms with van der Waals surface area (Å²) in [7, 11) is 0. The number of ether oxygens (including phenoxy) is 1. The van der Waals surface area contributed by atoms with E-state index in [4.69, 9.17) is 4.74 Å². The number of aryl methyl sites for hydroxylation is 3. The fourth-order valence-corrected chi connectivity index (χ4v) is 2.89. The fraction of sp³-hybridized carbons (Fsp3) is 0.765. The Morgan fingerprint density at radius 2 is 2.26 bits per heavy atom. The lowest BCUT2D eigenvalue weighted by atomic mass is 10.0. The number of nitrogens with zero attached hydrogens (tertiary/aromatic N) is 3. The third-order valence-electron chi connectivity index (χ3n) is 4.16. The van der Waals surface area contributed by atoms with Gasteiger partial charge in [0.15, 0.2) is 5.96 Å². The molecule has 1 atom stereocenters. The number of aromatic nitrogens is 2. The number of hydrogen-bond donors (Lipinski definition) is 2. The average Bonchev–Trinajstić information content (AvgIpc) is 3.07. The predicted octanol–water partition coefficient (Wildman–Crippen LogP) is 2.01. The Kier molecular flexibility index (Phi) is 6.45. The van der Waals surface area contributed by atoms with Gasteiger partial charge in [-0.15, -0.1) is 0 Å². The first-order valence-corrected chi connectivity index (χ1v) is 8.69. The van der Waals surface area contributed by atoms with Crippen LogP contribution in [0.5, 0.6) is 0 Å². The van der Waals surface area contributed by atoms with Gasteiger partial charge in [-0.3, -0.25) is 9.67 Å². The number of hydrogen-bond acceptors (Lipinski definition) is 3. The summed E-state index contributed by atoms with van der Waals surface area (Å²) >= 11 is 0. The van der Waals surface area contributed by atoms with Crippen LogP contribution >= 0.6 is 0 Å². The number of guanidine groups is 1. The fourth-order valence-electron chi connectivity index (χ4n) is 2.89. The van der Waals surface area contributed by atoms with Crippen LogP contribution in [0.4, 0.5) is 0 Å². The summed E-state index contributed by atoms with van der Waals surface area (Å²) in [6, 6.07) is 2.11. The standard InChI is InChI=1S/C17H31N5O/c1-5-18-16(20-13-17(4)8-6-11-23-17)19-9-7-10-22-15(3)12-14(2)21-22/h12H,5-11,13H2,1-4H3,(H2,18,19,20). The minimum Gasteiger partial charge on any atom is -0.373 e. The Morgan fingerprint density at radius 3 is 2.87 bits per heavy atom. The molecular formula is C17H31N5O. The summed E-state index contributed by atoms with van der Waals surface area (Å²) in [5, 5.41) is 11.2. The molecule has 23 heavy (non-hydrogen) atoms. The molecule has 6 nitrogen and oxygen atoms in total. The zero-order valence-electron chi connectivity index (χ0n) is 15.0. The highest BCUT2D eigenvalue weighted by Crippen LogP contribution is 2.24. The smallest absolute Gasteiger partial charge is 0.191 e. The summed E-state index contributed by atoms with van der Waals surface area (Å²) in [6.07, 6.45) is 3.24. The summed E-state index contributed by atoms with van der Waals surface area (Å²) in [5.41, 5.74) is 2.20. The van der Waals surface area contributed by atoms with Crippen molar-refractivity contribution >= 4 is 5.96 Å². The van der Waals surface area contributed by atoms with Crippen molar-refractivity contribution in [3.63, 3.8) is 0 Å². The summed E-state index contributed by atoms with van der Waals surface area (Å²) < 4.78 is 7.86. The molecular weight excluding hydrogens is 290 g/mol. The molecule has 1 fully saturated rings. The number of aliphatic imine (C=N–C) groups is 1. The topological polar surface area (TPSA) is 63.5 Å². The Bertz CT molecular complexity index is 517. The lowest BCUT2D eigenvalue weighted by Gasteiger charge is -2.21. The van der Waals surface area contributed by atoms with Crippen LogP contribution in [0.2, 0.25) is 0 Å². The first kappa shape index (κ1) is 17.8. The second kappa shape index (κ2) is 8.34. The van der Waals surface area contributed by atoms with Gasteiger partial charge in [0.2, 0.25) is 0 Å². The van der Waals surface area contributed by atoms with Crippen LogP contribution in [0.25, 0.3) is 0 Å². The van der Waals surface area contributed by atoms with Gasteiger partial charge in [0.25, 0.3) is 0 Å². The monoisotopic (exact) mass is 321 g/mol. The summed E-state index contributed by atoms with van der Waals surface area (Å²) in [6.45, 7) is 12.6. The molecule has 0 bridgehead atoms. The van der Waals surface area contributed by atoms with Gasteiger partial charge in [0.05, 0.1) is 17.8 Å². The van der Waals surface area contributed by atoms with E-state index in [1.807, 2.05) is 6.92 Å². The van der Waals surface area contributed by atoms with E-state index >= 15 is 0 Å². The summed E-state index contributed by atoms with van der Waals surface area (Å²) in [4.78, 5) is 4.68. The van der Waals surface area contributed by atoms with Crippen molar-refractivity contribution in [2.24, 2.45) is 4.99 Å². The van der Waals surface area contributed by atoms with E-state index in [2.05, 4.69) is 52.2 Å². The van der Waals surface area contributed by atoms with Crippen LogP contribution in [-0.2, 0) is 11.3 Å². The van der Waals surface area contributed by atoms with Gasteiger partial charge in [-0.05, 0) is 53.0 Å². The van der Waals surface area contributed by atoms with E-state index in [9.17, 15) is 0 Å². The van der Waals surface area contributed by atoms with Crippen LogP contribution in [0.15, 0.2) is 11.1 Å². The molecule has 0 aliphatic carbocycles. The second-order valence-corrected chi connectivity index (χ2v) is 6.53. The van der Waals surface area contributed by atoms with Crippen molar-refractivity contribution in [1.29, 1.82) is 0 Å². The molecule has 130 valence electrons. The van der Waals surface area contributed by atoms with E-state index in [0.717, 1.165) is 57.2 Å². The van der Waals surface area contributed by atoms with E-state index in [-0.39, 0.29) is 5.60 Å². The van der Waals surface area contributed by atoms with Gasteiger partial charge >= 0.3 is 0 Å². The van der Waals surface area contributed by atoms with Gasteiger partial charge in [0, 0.05) is 31.9 Å². The molecule has 0 radical (unpaired) electrons. The molecule has 1 aromatic heterocycles. The molecule has 1 aliphatic rings. The van der Waals surface area contributed by atoms with Gasteiger partial charge in [-0.1, -0.05) is 0 Å². The summed E-state index contributed by atoms with van der Waals surface area (Å²) in [5.74, 6) is 0.873. The molecule has 1 aromatic rings. The van der Waals surface area contributed by atoms with Gasteiger partial charge < -0.3 is 15.4 Å². The second-order valence-electron chi connectivity index (χ2n) is 6.53. The zero-order chi connectivity index (χ0) is 16.7. The van der Waals surface area contributed by atoms with Gasteiger partial charge in [-0.2, -0.15) is 5.10 Å².